The van der Waals surface area contributed by atoms with Gasteiger partial charge in [0.1, 0.15) is 12.2 Å². The minimum Gasteiger partial charge on any atom is -0.455 e. The third kappa shape index (κ3) is 6.45. The number of hydrogen-bond donors (Lipinski definition) is 0. The van der Waals surface area contributed by atoms with Crippen molar-refractivity contribution in [1.29, 1.82) is 0 Å². The van der Waals surface area contributed by atoms with Gasteiger partial charge >= 0.3 is 5.97 Å². The lowest BCUT2D eigenvalue weighted by Crippen LogP contribution is -2.46. The van der Waals surface area contributed by atoms with Crippen LogP contribution < -0.4 is 0 Å². The van der Waals surface area contributed by atoms with Crippen molar-refractivity contribution in [2.24, 2.45) is 5.41 Å². The zero-order valence-electron chi connectivity index (χ0n) is 31.4. The van der Waals surface area contributed by atoms with E-state index in [0.29, 0.717) is 26.4 Å². The molecule has 0 unspecified atom stereocenters. The Bertz CT molecular complexity index is 1510. The molecular formula is C40H59NO6Si. The summed E-state index contributed by atoms with van der Waals surface area (Å²) in [6.45, 7) is 26.9. The molecule has 0 radical (unpaired) electrons. The van der Waals surface area contributed by atoms with Crippen molar-refractivity contribution in [2.45, 2.75) is 148 Å². The second-order valence-electron chi connectivity index (χ2n) is 18.0. The molecule has 7 nitrogen and oxygen atoms in total. The monoisotopic (exact) mass is 677 g/mol. The molecule has 2 fully saturated rings. The summed E-state index contributed by atoms with van der Waals surface area (Å²) in [4.78, 5) is 18.5. The number of esters is 1. The summed E-state index contributed by atoms with van der Waals surface area (Å²) >= 11 is 0. The summed E-state index contributed by atoms with van der Waals surface area (Å²) in [5, 5.41) is 0.0207. The van der Waals surface area contributed by atoms with E-state index >= 15 is 0 Å². The van der Waals surface area contributed by atoms with Crippen LogP contribution in [0.1, 0.15) is 158 Å². The molecule has 1 aromatic heterocycles. The number of carbonyl (C=O) groups excluding carboxylic acids is 1. The van der Waals surface area contributed by atoms with Crippen molar-refractivity contribution in [2.75, 3.05) is 26.4 Å². The van der Waals surface area contributed by atoms with Crippen LogP contribution in [0.3, 0.4) is 0 Å². The van der Waals surface area contributed by atoms with E-state index < -0.39 is 20.0 Å². The van der Waals surface area contributed by atoms with Gasteiger partial charge in [-0.05, 0) is 59.5 Å². The normalized spacial score (nSPS) is 25.9. The molecule has 4 heterocycles. The quantitative estimate of drug-likeness (QED) is 0.231. The molecule has 0 saturated carbocycles. The van der Waals surface area contributed by atoms with Gasteiger partial charge in [0.05, 0.1) is 23.1 Å². The summed E-state index contributed by atoms with van der Waals surface area (Å²) in [7, 11) is -2.24. The van der Waals surface area contributed by atoms with Crippen LogP contribution >= 0.6 is 0 Å². The molecule has 0 N–H and O–H groups in total. The number of rotatable bonds is 5. The predicted octanol–water partition coefficient (Wildman–Crippen LogP) is 9.50. The third-order valence-electron chi connectivity index (χ3n) is 11.9. The van der Waals surface area contributed by atoms with Crippen LogP contribution in [0.2, 0.25) is 18.1 Å². The van der Waals surface area contributed by atoms with E-state index in [1.807, 2.05) is 0 Å². The van der Waals surface area contributed by atoms with Crippen LogP contribution in [0.5, 0.6) is 0 Å². The van der Waals surface area contributed by atoms with Crippen LogP contribution in [0.25, 0.3) is 0 Å². The Hall–Kier alpha value is -2.10. The highest BCUT2D eigenvalue weighted by molar-refractivity contribution is 6.74. The zero-order valence-corrected chi connectivity index (χ0v) is 32.4. The van der Waals surface area contributed by atoms with Gasteiger partial charge in [-0.25, -0.2) is 0 Å². The van der Waals surface area contributed by atoms with Gasteiger partial charge in [0, 0.05) is 68.7 Å². The molecule has 264 valence electrons. The van der Waals surface area contributed by atoms with Gasteiger partial charge in [-0.15, -0.1) is 0 Å². The summed E-state index contributed by atoms with van der Waals surface area (Å²) in [6.07, 6.45) is 3.09. The minimum atomic E-state index is -2.24. The van der Waals surface area contributed by atoms with E-state index in [0.717, 1.165) is 54.6 Å². The Morgan fingerprint density at radius 3 is 2.06 bits per heavy atom. The topological polar surface area (TPSA) is 76.1 Å². The molecule has 1 aromatic carbocycles. The maximum atomic E-state index is 12.8. The highest BCUT2D eigenvalue weighted by Gasteiger charge is 2.56. The first-order valence-electron chi connectivity index (χ1n) is 18.2. The Morgan fingerprint density at radius 1 is 0.896 bits per heavy atom. The van der Waals surface area contributed by atoms with Crippen LogP contribution in [0, 0.1) is 5.41 Å². The molecule has 3 aliphatic heterocycles. The van der Waals surface area contributed by atoms with E-state index in [4.69, 9.17) is 28.4 Å². The Morgan fingerprint density at radius 2 is 1.50 bits per heavy atom. The van der Waals surface area contributed by atoms with Gasteiger partial charge in [-0.2, -0.15) is 0 Å². The van der Waals surface area contributed by atoms with Crippen LogP contribution in [0.15, 0.2) is 24.3 Å². The fourth-order valence-electron chi connectivity index (χ4n) is 8.09. The third-order valence-corrected chi connectivity index (χ3v) is 16.4. The zero-order chi connectivity index (χ0) is 34.9. The molecule has 6 rings (SSSR count). The van der Waals surface area contributed by atoms with Crippen LogP contribution in [-0.2, 0) is 39.2 Å². The van der Waals surface area contributed by atoms with E-state index in [9.17, 15) is 4.79 Å². The first kappa shape index (κ1) is 35.7. The van der Waals surface area contributed by atoms with Gasteiger partial charge in [0.25, 0.3) is 0 Å². The maximum absolute atomic E-state index is 12.8. The smallest absolute Gasteiger partial charge is 0.303 e. The van der Waals surface area contributed by atoms with Gasteiger partial charge in [-0.1, -0.05) is 79.7 Å². The van der Waals surface area contributed by atoms with Gasteiger partial charge < -0.3 is 23.4 Å². The Balaban J connectivity index is 1.66. The molecule has 3 atom stereocenters. The molecule has 8 heteroatoms. The molecular weight excluding hydrogens is 619 g/mol. The van der Waals surface area contributed by atoms with Crippen LogP contribution in [-0.4, -0.2) is 45.7 Å². The molecule has 1 spiro atoms. The second-order valence-corrected chi connectivity index (χ2v) is 22.8. The lowest BCUT2D eigenvalue weighted by atomic mass is 9.68. The lowest BCUT2D eigenvalue weighted by molar-refractivity contribution is -0.156. The van der Waals surface area contributed by atoms with Crippen molar-refractivity contribution in [3.8, 4) is 0 Å². The number of fused-ring (bicyclic) bond motifs is 4. The van der Waals surface area contributed by atoms with Crippen molar-refractivity contribution in [3.63, 3.8) is 0 Å². The van der Waals surface area contributed by atoms with E-state index in [1.165, 1.54) is 23.6 Å². The van der Waals surface area contributed by atoms with E-state index in [-0.39, 0.29) is 40.0 Å². The standard InChI is InChI=1S/C40H59NO6Si/c1-25(42)45-36-34-30(29(24-39(36,8)9)47-48(10,11)38(5,6)7)32-31(33(41-34)26-16-20-43-21-17-26)35(46-40(32)18-22-44-23-19-40)27-12-14-28(15-13-27)37(2,3)4/h12-15,26,29,35-36H,16-24H2,1-11H3/t29-,35+,36-/m0/s1. The highest BCUT2D eigenvalue weighted by atomic mass is 28.4. The number of pyridine rings is 1. The van der Waals surface area contributed by atoms with E-state index in [1.54, 1.807) is 0 Å². The number of aromatic nitrogens is 1. The highest BCUT2D eigenvalue weighted by Crippen LogP contribution is 2.61. The first-order chi connectivity index (χ1) is 22.3. The molecule has 48 heavy (non-hydrogen) atoms. The molecule has 0 amide bonds. The van der Waals surface area contributed by atoms with Crippen molar-refractivity contribution >= 4 is 14.3 Å². The molecule has 1 aliphatic carbocycles. The van der Waals surface area contributed by atoms with Crippen molar-refractivity contribution in [3.05, 3.63) is 63.5 Å². The second kappa shape index (κ2) is 12.6. The summed E-state index contributed by atoms with van der Waals surface area (Å²) in [6, 6.07) is 9.04. The average molecular weight is 678 g/mol. The Labute approximate surface area is 290 Å². The average Bonchev–Trinajstić information content (AvgIpc) is 3.32. The summed E-state index contributed by atoms with van der Waals surface area (Å²) in [5.41, 5.74) is 7.06. The van der Waals surface area contributed by atoms with Gasteiger partial charge in [-0.3, -0.25) is 9.78 Å². The van der Waals surface area contributed by atoms with Crippen molar-refractivity contribution in [1.82, 2.24) is 4.98 Å². The molecule has 0 bridgehead atoms. The molecule has 4 aliphatic rings. The molecule has 2 aromatic rings. The maximum Gasteiger partial charge on any atom is 0.303 e. The van der Waals surface area contributed by atoms with Gasteiger partial charge in [0.2, 0.25) is 0 Å². The number of carbonyl (C=O) groups is 1. The number of hydrogen-bond acceptors (Lipinski definition) is 7. The predicted molar refractivity (Wildman–Crippen MR) is 191 cm³/mol. The van der Waals surface area contributed by atoms with Crippen molar-refractivity contribution < 1.29 is 28.2 Å². The van der Waals surface area contributed by atoms with Gasteiger partial charge in [0.15, 0.2) is 8.32 Å². The SMILES string of the molecule is CC(=O)O[C@H]1c2nc(C3CCOCC3)c3c(c2[C@@H](O[Si](C)(C)C(C)(C)C)CC1(C)C)C1(CCOCC1)O[C@@H]3c1ccc(C(C)(C)C)cc1. The Kier molecular flexibility index (Phi) is 9.37. The van der Waals surface area contributed by atoms with Crippen LogP contribution in [0.4, 0.5) is 0 Å². The first-order valence-corrected chi connectivity index (χ1v) is 21.1. The summed E-state index contributed by atoms with van der Waals surface area (Å²) in [5.74, 6) is -0.0675. The lowest BCUT2D eigenvalue weighted by Gasteiger charge is -2.48. The largest absolute Gasteiger partial charge is 0.455 e. The van der Waals surface area contributed by atoms with E-state index in [2.05, 4.69) is 92.7 Å². The number of nitrogens with zero attached hydrogens (tertiary/aromatic N) is 1. The minimum absolute atomic E-state index is 0.0207. The number of ether oxygens (including phenoxy) is 4. The summed E-state index contributed by atoms with van der Waals surface area (Å²) < 4.78 is 33.1. The fraction of sp³-hybridized carbons (Fsp3) is 0.700. The fourth-order valence-corrected chi connectivity index (χ4v) is 9.36. The number of benzene rings is 1. The molecule has 2 saturated heterocycles.